The van der Waals surface area contributed by atoms with Crippen LogP contribution in [-0.4, -0.2) is 13.1 Å². The van der Waals surface area contributed by atoms with Crippen LogP contribution in [0, 0.1) is 17.8 Å². The minimum Gasteiger partial charge on any atom is -0.317 e. The second kappa shape index (κ2) is 8.97. The lowest BCUT2D eigenvalue weighted by Crippen LogP contribution is -2.17. The van der Waals surface area contributed by atoms with Crippen molar-refractivity contribution in [2.24, 2.45) is 17.8 Å². The molecule has 1 saturated carbocycles. The molecule has 2 unspecified atom stereocenters. The van der Waals surface area contributed by atoms with Gasteiger partial charge in [-0.2, -0.15) is 0 Å². The van der Waals surface area contributed by atoms with Gasteiger partial charge < -0.3 is 5.32 Å². The molecule has 0 heterocycles. The van der Waals surface area contributed by atoms with Crippen molar-refractivity contribution in [2.45, 2.75) is 72.1 Å². The zero-order valence-corrected chi connectivity index (χ0v) is 12.3. The first-order chi connectivity index (χ1) is 8.25. The van der Waals surface area contributed by atoms with Gasteiger partial charge in [-0.3, -0.25) is 0 Å². The fourth-order valence-electron chi connectivity index (χ4n) is 3.28. The molecule has 0 spiro atoms. The maximum Gasteiger partial charge on any atom is -0.00490 e. The van der Waals surface area contributed by atoms with Crippen molar-refractivity contribution in [3.63, 3.8) is 0 Å². The molecule has 0 aromatic carbocycles. The van der Waals surface area contributed by atoms with Crippen LogP contribution in [0.3, 0.4) is 0 Å². The molecule has 1 aliphatic carbocycles. The Morgan fingerprint density at radius 2 is 1.76 bits per heavy atom. The van der Waals surface area contributed by atoms with E-state index in [1.165, 1.54) is 57.9 Å². The molecule has 1 heteroatoms. The van der Waals surface area contributed by atoms with Gasteiger partial charge in [0.05, 0.1) is 0 Å². The van der Waals surface area contributed by atoms with Crippen LogP contribution in [0.4, 0.5) is 0 Å². The lowest BCUT2D eigenvalue weighted by molar-refractivity contribution is 0.249. The van der Waals surface area contributed by atoms with Crippen LogP contribution in [0.5, 0.6) is 0 Å². The topological polar surface area (TPSA) is 12.0 Å². The van der Waals surface area contributed by atoms with Crippen LogP contribution in [0.1, 0.15) is 72.1 Å². The molecule has 0 bridgehead atoms. The van der Waals surface area contributed by atoms with Crippen LogP contribution in [0.15, 0.2) is 0 Å². The molecule has 102 valence electrons. The Balaban J connectivity index is 2.01. The zero-order valence-electron chi connectivity index (χ0n) is 12.3. The Morgan fingerprint density at radius 3 is 2.41 bits per heavy atom. The molecule has 1 rings (SSSR count). The summed E-state index contributed by atoms with van der Waals surface area (Å²) >= 11 is 0. The van der Waals surface area contributed by atoms with Gasteiger partial charge in [0.2, 0.25) is 0 Å². The Morgan fingerprint density at radius 1 is 1.06 bits per heavy atom. The number of unbranched alkanes of at least 4 members (excludes halogenated alkanes) is 2. The SMILES string of the molecule is CCNCCCCCC(C)C(C)C1CCCC1. The monoisotopic (exact) mass is 239 g/mol. The van der Waals surface area contributed by atoms with Gasteiger partial charge in [-0.1, -0.05) is 65.7 Å². The summed E-state index contributed by atoms with van der Waals surface area (Å²) in [6, 6.07) is 0. The van der Waals surface area contributed by atoms with Gasteiger partial charge >= 0.3 is 0 Å². The summed E-state index contributed by atoms with van der Waals surface area (Å²) in [6.07, 6.45) is 11.6. The van der Waals surface area contributed by atoms with E-state index in [1.807, 2.05) is 0 Å². The van der Waals surface area contributed by atoms with E-state index in [9.17, 15) is 0 Å². The summed E-state index contributed by atoms with van der Waals surface area (Å²) in [5.74, 6) is 2.95. The molecule has 17 heavy (non-hydrogen) atoms. The molecule has 2 atom stereocenters. The van der Waals surface area contributed by atoms with Gasteiger partial charge in [0, 0.05) is 0 Å². The molecule has 1 fully saturated rings. The fourth-order valence-corrected chi connectivity index (χ4v) is 3.28. The highest BCUT2D eigenvalue weighted by atomic mass is 14.8. The highest BCUT2D eigenvalue weighted by Crippen LogP contribution is 2.36. The number of hydrogen-bond donors (Lipinski definition) is 1. The maximum absolute atomic E-state index is 3.40. The van der Waals surface area contributed by atoms with Crippen molar-refractivity contribution in [3.05, 3.63) is 0 Å². The van der Waals surface area contributed by atoms with E-state index in [0.29, 0.717) is 0 Å². The largest absolute Gasteiger partial charge is 0.317 e. The summed E-state index contributed by atoms with van der Waals surface area (Å²) in [4.78, 5) is 0. The minimum absolute atomic E-state index is 0.942. The molecule has 0 aromatic rings. The summed E-state index contributed by atoms with van der Waals surface area (Å²) < 4.78 is 0. The molecule has 0 saturated heterocycles. The van der Waals surface area contributed by atoms with Crippen LogP contribution in [0.2, 0.25) is 0 Å². The third-order valence-corrected chi connectivity index (χ3v) is 4.80. The third kappa shape index (κ3) is 5.90. The molecule has 0 amide bonds. The predicted molar refractivity (Wildman–Crippen MR) is 77.3 cm³/mol. The fraction of sp³-hybridized carbons (Fsp3) is 1.00. The Bertz CT molecular complexity index is 172. The molecular formula is C16H33N. The lowest BCUT2D eigenvalue weighted by atomic mass is 9.80. The van der Waals surface area contributed by atoms with Gasteiger partial charge in [0.1, 0.15) is 0 Å². The molecule has 0 radical (unpaired) electrons. The van der Waals surface area contributed by atoms with Crippen molar-refractivity contribution in [1.29, 1.82) is 0 Å². The van der Waals surface area contributed by atoms with E-state index in [-0.39, 0.29) is 0 Å². The number of rotatable bonds is 9. The van der Waals surface area contributed by atoms with Crippen LogP contribution in [-0.2, 0) is 0 Å². The lowest BCUT2D eigenvalue weighted by Gasteiger charge is -2.25. The van der Waals surface area contributed by atoms with E-state index >= 15 is 0 Å². The van der Waals surface area contributed by atoms with Gasteiger partial charge in [-0.15, -0.1) is 0 Å². The standard InChI is InChI=1S/C16H33N/c1-4-17-13-9-5-6-10-14(2)15(3)16-11-7-8-12-16/h14-17H,4-13H2,1-3H3. The van der Waals surface area contributed by atoms with Crippen molar-refractivity contribution in [3.8, 4) is 0 Å². The Labute approximate surface area is 109 Å². The second-order valence-corrected chi connectivity index (χ2v) is 6.08. The third-order valence-electron chi connectivity index (χ3n) is 4.80. The molecule has 0 aromatic heterocycles. The van der Waals surface area contributed by atoms with E-state index < -0.39 is 0 Å². The van der Waals surface area contributed by atoms with Crippen molar-refractivity contribution in [1.82, 2.24) is 5.32 Å². The van der Waals surface area contributed by atoms with Crippen LogP contribution in [0.25, 0.3) is 0 Å². The smallest absolute Gasteiger partial charge is 0.00490 e. The van der Waals surface area contributed by atoms with Crippen molar-refractivity contribution < 1.29 is 0 Å². The van der Waals surface area contributed by atoms with Crippen molar-refractivity contribution in [2.75, 3.05) is 13.1 Å². The summed E-state index contributed by atoms with van der Waals surface area (Å²) in [7, 11) is 0. The van der Waals surface area contributed by atoms with E-state index in [2.05, 4.69) is 26.1 Å². The number of hydrogen-bond acceptors (Lipinski definition) is 1. The minimum atomic E-state index is 0.942. The Hall–Kier alpha value is -0.0400. The highest BCUT2D eigenvalue weighted by Gasteiger charge is 2.25. The first-order valence-corrected chi connectivity index (χ1v) is 7.96. The first-order valence-electron chi connectivity index (χ1n) is 7.96. The molecule has 1 N–H and O–H groups in total. The normalized spacial score (nSPS) is 20.6. The zero-order chi connectivity index (χ0) is 12.5. The van der Waals surface area contributed by atoms with Gasteiger partial charge in [-0.05, 0) is 37.3 Å². The Kier molecular flexibility index (Phi) is 7.92. The summed E-state index contributed by atoms with van der Waals surface area (Å²) in [6.45, 7) is 9.50. The molecule has 0 aliphatic heterocycles. The van der Waals surface area contributed by atoms with Crippen LogP contribution < -0.4 is 5.32 Å². The van der Waals surface area contributed by atoms with Gasteiger partial charge in [0.15, 0.2) is 0 Å². The average molecular weight is 239 g/mol. The first kappa shape index (κ1) is 15.0. The van der Waals surface area contributed by atoms with Gasteiger partial charge in [-0.25, -0.2) is 0 Å². The van der Waals surface area contributed by atoms with Gasteiger partial charge in [0.25, 0.3) is 0 Å². The van der Waals surface area contributed by atoms with Crippen molar-refractivity contribution >= 4 is 0 Å². The van der Waals surface area contributed by atoms with E-state index in [1.54, 1.807) is 0 Å². The highest BCUT2D eigenvalue weighted by molar-refractivity contribution is 4.76. The van der Waals surface area contributed by atoms with E-state index in [0.717, 1.165) is 24.3 Å². The molecule has 1 nitrogen and oxygen atoms in total. The predicted octanol–water partition coefficient (Wildman–Crippen LogP) is 4.62. The summed E-state index contributed by atoms with van der Waals surface area (Å²) in [5.41, 5.74) is 0. The molecular weight excluding hydrogens is 206 g/mol. The summed E-state index contributed by atoms with van der Waals surface area (Å²) in [5, 5.41) is 3.40. The molecule has 1 aliphatic rings. The van der Waals surface area contributed by atoms with Crippen LogP contribution >= 0.6 is 0 Å². The second-order valence-electron chi connectivity index (χ2n) is 6.08. The maximum atomic E-state index is 3.40. The number of nitrogens with one attached hydrogen (secondary N) is 1. The van der Waals surface area contributed by atoms with E-state index in [4.69, 9.17) is 0 Å². The average Bonchev–Trinajstić information content (AvgIpc) is 2.86. The quantitative estimate of drug-likeness (QED) is 0.579.